The van der Waals surface area contributed by atoms with Crippen molar-refractivity contribution in [2.24, 2.45) is 0 Å². The highest BCUT2D eigenvalue weighted by atomic mass is 19.1. The molecule has 0 radical (unpaired) electrons. The third-order valence-electron chi connectivity index (χ3n) is 3.08. The summed E-state index contributed by atoms with van der Waals surface area (Å²) in [6.07, 6.45) is 0. The SMILES string of the molecule is COc1ccc(C(=O)Nc2ccc(F)cc2C)cc1OC. The fourth-order valence-corrected chi connectivity index (χ4v) is 1.94. The minimum Gasteiger partial charge on any atom is -0.493 e. The Kier molecular flexibility index (Phi) is 4.42. The highest BCUT2D eigenvalue weighted by Gasteiger charge is 2.12. The maximum Gasteiger partial charge on any atom is 0.255 e. The van der Waals surface area contributed by atoms with Crippen LogP contribution in [-0.2, 0) is 0 Å². The summed E-state index contributed by atoms with van der Waals surface area (Å²) >= 11 is 0. The van der Waals surface area contributed by atoms with Crippen molar-refractivity contribution in [3.05, 3.63) is 53.3 Å². The predicted molar refractivity (Wildman–Crippen MR) is 78.6 cm³/mol. The summed E-state index contributed by atoms with van der Waals surface area (Å²) in [5.41, 5.74) is 1.65. The fourth-order valence-electron chi connectivity index (χ4n) is 1.94. The molecule has 0 unspecified atom stereocenters. The molecule has 0 bridgehead atoms. The summed E-state index contributed by atoms with van der Waals surface area (Å²) in [4.78, 5) is 12.2. The number of carbonyl (C=O) groups is 1. The third-order valence-corrected chi connectivity index (χ3v) is 3.08. The molecule has 2 aromatic rings. The van der Waals surface area contributed by atoms with Crippen molar-refractivity contribution in [1.29, 1.82) is 0 Å². The quantitative estimate of drug-likeness (QED) is 0.938. The summed E-state index contributed by atoms with van der Waals surface area (Å²) in [5.74, 6) is 0.385. The lowest BCUT2D eigenvalue weighted by Crippen LogP contribution is -2.13. The Balaban J connectivity index is 2.24. The zero-order chi connectivity index (χ0) is 15.4. The van der Waals surface area contributed by atoms with Gasteiger partial charge >= 0.3 is 0 Å². The molecule has 2 aromatic carbocycles. The molecule has 2 rings (SSSR count). The van der Waals surface area contributed by atoms with E-state index in [1.54, 1.807) is 25.1 Å². The Morgan fingerprint density at radius 3 is 2.38 bits per heavy atom. The summed E-state index contributed by atoms with van der Waals surface area (Å²) in [7, 11) is 3.03. The van der Waals surface area contributed by atoms with E-state index in [9.17, 15) is 9.18 Å². The Hall–Kier alpha value is -2.56. The predicted octanol–water partition coefficient (Wildman–Crippen LogP) is 3.40. The van der Waals surface area contributed by atoms with Gasteiger partial charge in [-0.15, -0.1) is 0 Å². The van der Waals surface area contributed by atoms with Crippen LogP contribution in [0, 0.1) is 12.7 Å². The number of aryl methyl sites for hydroxylation is 1. The van der Waals surface area contributed by atoms with Crippen LogP contribution < -0.4 is 14.8 Å². The number of ether oxygens (including phenoxy) is 2. The van der Waals surface area contributed by atoms with Gasteiger partial charge in [0, 0.05) is 11.3 Å². The number of nitrogens with one attached hydrogen (secondary N) is 1. The van der Waals surface area contributed by atoms with Crippen molar-refractivity contribution in [2.45, 2.75) is 6.92 Å². The van der Waals surface area contributed by atoms with E-state index in [1.807, 2.05) is 0 Å². The molecule has 0 saturated carbocycles. The molecule has 0 aliphatic heterocycles. The molecule has 110 valence electrons. The lowest BCUT2D eigenvalue weighted by atomic mass is 10.1. The van der Waals surface area contributed by atoms with Crippen molar-refractivity contribution in [3.63, 3.8) is 0 Å². The molecule has 0 aromatic heterocycles. The van der Waals surface area contributed by atoms with E-state index in [4.69, 9.17) is 9.47 Å². The largest absolute Gasteiger partial charge is 0.493 e. The first-order chi connectivity index (χ1) is 10.0. The third kappa shape index (κ3) is 3.31. The number of anilines is 1. The second-order valence-electron chi connectivity index (χ2n) is 4.48. The summed E-state index contributed by atoms with van der Waals surface area (Å²) in [6, 6.07) is 9.08. The first-order valence-corrected chi connectivity index (χ1v) is 6.34. The number of hydrogen-bond donors (Lipinski definition) is 1. The molecular weight excluding hydrogens is 273 g/mol. The number of benzene rings is 2. The number of carbonyl (C=O) groups excluding carboxylic acids is 1. The van der Waals surface area contributed by atoms with Gasteiger partial charge in [-0.2, -0.15) is 0 Å². The minimum atomic E-state index is -0.336. The smallest absolute Gasteiger partial charge is 0.255 e. The molecule has 0 heterocycles. The van der Waals surface area contributed by atoms with Crippen LogP contribution in [0.3, 0.4) is 0 Å². The first-order valence-electron chi connectivity index (χ1n) is 6.34. The molecule has 4 nitrogen and oxygen atoms in total. The van der Waals surface area contributed by atoms with Crippen LogP contribution in [0.25, 0.3) is 0 Å². The molecule has 0 spiro atoms. The zero-order valence-corrected chi connectivity index (χ0v) is 12.1. The van der Waals surface area contributed by atoms with Crippen molar-refractivity contribution in [1.82, 2.24) is 0 Å². The van der Waals surface area contributed by atoms with Crippen LogP contribution in [-0.4, -0.2) is 20.1 Å². The van der Waals surface area contributed by atoms with Crippen LogP contribution in [0.2, 0.25) is 0 Å². The van der Waals surface area contributed by atoms with Gasteiger partial charge in [0.15, 0.2) is 11.5 Å². The number of hydrogen-bond acceptors (Lipinski definition) is 3. The van der Waals surface area contributed by atoms with Crippen molar-refractivity contribution in [2.75, 3.05) is 19.5 Å². The highest BCUT2D eigenvalue weighted by Crippen LogP contribution is 2.28. The standard InChI is InChI=1S/C16H16FNO3/c1-10-8-12(17)5-6-13(10)18-16(19)11-4-7-14(20-2)15(9-11)21-3/h4-9H,1-3H3,(H,18,19). The van der Waals surface area contributed by atoms with Crippen molar-refractivity contribution < 1.29 is 18.7 Å². The Bertz CT molecular complexity index is 671. The average Bonchev–Trinajstić information content (AvgIpc) is 2.49. The topological polar surface area (TPSA) is 47.6 Å². The zero-order valence-electron chi connectivity index (χ0n) is 12.1. The molecule has 0 aliphatic carbocycles. The molecule has 0 aliphatic rings. The van der Waals surface area contributed by atoms with Crippen molar-refractivity contribution in [3.8, 4) is 11.5 Å². The lowest BCUT2D eigenvalue weighted by molar-refractivity contribution is 0.102. The number of halogens is 1. The van der Waals surface area contributed by atoms with Crippen LogP contribution in [0.1, 0.15) is 15.9 Å². The fraction of sp³-hybridized carbons (Fsp3) is 0.188. The van der Waals surface area contributed by atoms with Crippen molar-refractivity contribution >= 4 is 11.6 Å². The van der Waals surface area contributed by atoms with Gasteiger partial charge in [-0.1, -0.05) is 0 Å². The lowest BCUT2D eigenvalue weighted by Gasteiger charge is -2.11. The minimum absolute atomic E-state index is 0.300. The summed E-state index contributed by atoms with van der Waals surface area (Å²) in [5, 5.41) is 2.74. The second-order valence-corrected chi connectivity index (χ2v) is 4.48. The molecular formula is C16H16FNO3. The molecule has 0 atom stereocenters. The molecule has 0 fully saturated rings. The van der Waals surface area contributed by atoms with E-state index < -0.39 is 0 Å². The van der Waals surface area contributed by atoms with Gasteiger partial charge in [0.25, 0.3) is 5.91 Å². The molecule has 5 heteroatoms. The van der Waals surface area contributed by atoms with E-state index in [1.165, 1.54) is 32.4 Å². The van der Waals surface area contributed by atoms with Gasteiger partial charge in [0.2, 0.25) is 0 Å². The van der Waals surface area contributed by atoms with Crippen LogP contribution in [0.4, 0.5) is 10.1 Å². The Labute approximate surface area is 122 Å². The molecule has 21 heavy (non-hydrogen) atoms. The Morgan fingerprint density at radius 1 is 1.05 bits per heavy atom. The van der Waals surface area contributed by atoms with Crippen LogP contribution in [0.15, 0.2) is 36.4 Å². The van der Waals surface area contributed by atoms with E-state index in [0.29, 0.717) is 28.3 Å². The second kappa shape index (κ2) is 6.26. The van der Waals surface area contributed by atoms with Gasteiger partial charge in [-0.3, -0.25) is 4.79 Å². The molecule has 0 saturated heterocycles. The van der Waals surface area contributed by atoms with E-state index >= 15 is 0 Å². The van der Waals surface area contributed by atoms with Crippen LogP contribution >= 0.6 is 0 Å². The monoisotopic (exact) mass is 289 g/mol. The summed E-state index contributed by atoms with van der Waals surface area (Å²) < 4.78 is 23.3. The normalized spacial score (nSPS) is 10.1. The van der Waals surface area contributed by atoms with Crippen LogP contribution in [0.5, 0.6) is 11.5 Å². The van der Waals surface area contributed by atoms with Gasteiger partial charge in [0.05, 0.1) is 14.2 Å². The van der Waals surface area contributed by atoms with E-state index in [0.717, 1.165) is 0 Å². The number of amides is 1. The van der Waals surface area contributed by atoms with E-state index in [-0.39, 0.29) is 11.7 Å². The Morgan fingerprint density at radius 2 is 1.76 bits per heavy atom. The van der Waals surface area contributed by atoms with Gasteiger partial charge in [-0.05, 0) is 48.9 Å². The maximum atomic E-state index is 13.0. The first kappa shape index (κ1) is 14.8. The average molecular weight is 289 g/mol. The van der Waals surface area contributed by atoms with Gasteiger partial charge < -0.3 is 14.8 Å². The molecule has 1 amide bonds. The maximum absolute atomic E-state index is 13.0. The number of methoxy groups -OCH3 is 2. The number of rotatable bonds is 4. The van der Waals surface area contributed by atoms with Gasteiger partial charge in [-0.25, -0.2) is 4.39 Å². The highest BCUT2D eigenvalue weighted by molar-refractivity contribution is 6.05. The van der Waals surface area contributed by atoms with E-state index in [2.05, 4.69) is 5.32 Å². The summed E-state index contributed by atoms with van der Waals surface area (Å²) in [6.45, 7) is 1.73. The van der Waals surface area contributed by atoms with Gasteiger partial charge in [0.1, 0.15) is 5.82 Å². The molecule has 1 N–H and O–H groups in total.